The molecule has 0 aliphatic heterocycles. The summed E-state index contributed by atoms with van der Waals surface area (Å²) < 4.78 is 20.0. The SMILES string of the molecule is CC(C)(C)OC(=O)NC[C@H](C(=O)Nc1ccc(I)cc1F)c1ccccn1. The lowest BCUT2D eigenvalue weighted by Gasteiger charge is -2.21. The molecule has 0 spiro atoms. The Kier molecular flexibility index (Phi) is 7.11. The van der Waals surface area contributed by atoms with Crippen LogP contribution in [0.5, 0.6) is 0 Å². The number of halogens is 2. The Morgan fingerprint density at radius 1 is 1.26 bits per heavy atom. The summed E-state index contributed by atoms with van der Waals surface area (Å²) in [6.07, 6.45) is 0.908. The molecule has 27 heavy (non-hydrogen) atoms. The van der Waals surface area contributed by atoms with Crippen molar-refractivity contribution in [2.24, 2.45) is 0 Å². The fraction of sp³-hybridized carbons (Fsp3) is 0.316. The lowest BCUT2D eigenvalue weighted by Crippen LogP contribution is -2.38. The van der Waals surface area contributed by atoms with Gasteiger partial charge in [-0.1, -0.05) is 6.07 Å². The standard InChI is InChI=1S/C19H21FIN3O3/c1-19(2,3)27-18(26)23-11-13(15-6-4-5-9-22-15)17(25)24-16-8-7-12(21)10-14(16)20/h4-10,13H,11H2,1-3H3,(H,23,26)(H,24,25)/t13-/m0/s1. The van der Waals surface area contributed by atoms with Crippen LogP contribution in [0, 0.1) is 9.39 Å². The number of nitrogens with zero attached hydrogens (tertiary/aromatic N) is 1. The molecule has 2 amide bonds. The Morgan fingerprint density at radius 3 is 2.59 bits per heavy atom. The van der Waals surface area contributed by atoms with Crippen LogP contribution in [-0.2, 0) is 9.53 Å². The van der Waals surface area contributed by atoms with Gasteiger partial charge in [0.15, 0.2) is 0 Å². The van der Waals surface area contributed by atoms with E-state index >= 15 is 0 Å². The monoisotopic (exact) mass is 485 g/mol. The first kappa shape index (κ1) is 21.1. The number of carbonyl (C=O) groups excluding carboxylic acids is 2. The van der Waals surface area contributed by atoms with Crippen molar-refractivity contribution in [3.63, 3.8) is 0 Å². The van der Waals surface area contributed by atoms with Gasteiger partial charge in [-0.25, -0.2) is 9.18 Å². The van der Waals surface area contributed by atoms with E-state index in [2.05, 4.69) is 15.6 Å². The zero-order valence-electron chi connectivity index (χ0n) is 15.3. The maximum atomic E-state index is 14.1. The van der Waals surface area contributed by atoms with E-state index in [9.17, 15) is 14.0 Å². The number of amides is 2. The topological polar surface area (TPSA) is 80.3 Å². The van der Waals surface area contributed by atoms with Crippen LogP contribution in [0.2, 0.25) is 0 Å². The Balaban J connectivity index is 2.14. The molecule has 2 aromatic rings. The summed E-state index contributed by atoms with van der Waals surface area (Å²) in [6.45, 7) is 5.20. The van der Waals surface area contributed by atoms with Crippen molar-refractivity contribution in [2.45, 2.75) is 32.3 Å². The number of rotatable bonds is 5. The molecule has 144 valence electrons. The van der Waals surface area contributed by atoms with Gasteiger partial charge in [-0.05, 0) is 73.7 Å². The van der Waals surface area contributed by atoms with E-state index in [1.165, 1.54) is 12.1 Å². The van der Waals surface area contributed by atoms with Crippen LogP contribution < -0.4 is 10.6 Å². The van der Waals surface area contributed by atoms with E-state index < -0.39 is 29.3 Å². The molecule has 2 rings (SSSR count). The van der Waals surface area contributed by atoms with Crippen LogP contribution in [0.25, 0.3) is 0 Å². The van der Waals surface area contributed by atoms with Gasteiger partial charge in [0.1, 0.15) is 11.4 Å². The number of carbonyl (C=O) groups is 2. The Labute approximate surface area is 171 Å². The van der Waals surface area contributed by atoms with Crippen molar-refractivity contribution >= 4 is 40.3 Å². The number of aromatic nitrogens is 1. The largest absolute Gasteiger partial charge is 0.444 e. The predicted octanol–water partition coefficient (Wildman–Crippen LogP) is 4.07. The molecule has 6 nitrogen and oxygen atoms in total. The molecule has 1 aromatic carbocycles. The number of alkyl carbamates (subject to hydrolysis) is 1. The van der Waals surface area contributed by atoms with Gasteiger partial charge in [0.2, 0.25) is 5.91 Å². The van der Waals surface area contributed by atoms with E-state index in [0.29, 0.717) is 5.69 Å². The third-order valence-corrected chi connectivity index (χ3v) is 4.07. The highest BCUT2D eigenvalue weighted by molar-refractivity contribution is 14.1. The Bertz CT molecular complexity index is 810. The molecule has 1 atom stereocenters. The van der Waals surface area contributed by atoms with Gasteiger partial charge in [0.05, 0.1) is 17.3 Å². The quantitative estimate of drug-likeness (QED) is 0.626. The minimum Gasteiger partial charge on any atom is -0.444 e. The molecule has 1 aromatic heterocycles. The first-order chi connectivity index (χ1) is 12.7. The summed E-state index contributed by atoms with van der Waals surface area (Å²) in [7, 11) is 0. The summed E-state index contributed by atoms with van der Waals surface area (Å²) in [4.78, 5) is 28.8. The molecular weight excluding hydrogens is 464 g/mol. The van der Waals surface area contributed by atoms with Crippen LogP contribution in [-0.4, -0.2) is 29.1 Å². The highest BCUT2D eigenvalue weighted by Gasteiger charge is 2.25. The highest BCUT2D eigenvalue weighted by atomic mass is 127. The van der Waals surface area contributed by atoms with Crippen LogP contribution in [0.4, 0.5) is 14.9 Å². The molecular formula is C19H21FIN3O3. The fourth-order valence-electron chi connectivity index (χ4n) is 2.22. The van der Waals surface area contributed by atoms with E-state index in [4.69, 9.17) is 4.74 Å². The molecule has 0 radical (unpaired) electrons. The molecule has 0 saturated carbocycles. The number of hydrogen-bond donors (Lipinski definition) is 2. The van der Waals surface area contributed by atoms with Gasteiger partial charge in [-0.3, -0.25) is 9.78 Å². The first-order valence-electron chi connectivity index (χ1n) is 8.29. The molecule has 0 aliphatic rings. The van der Waals surface area contributed by atoms with Crippen molar-refractivity contribution in [3.8, 4) is 0 Å². The Hall–Kier alpha value is -2.23. The van der Waals surface area contributed by atoms with Crippen molar-refractivity contribution in [2.75, 3.05) is 11.9 Å². The second-order valence-electron chi connectivity index (χ2n) is 6.80. The molecule has 0 saturated heterocycles. The summed E-state index contributed by atoms with van der Waals surface area (Å²) in [5.41, 5.74) is -0.132. The number of anilines is 1. The number of ether oxygens (including phenoxy) is 1. The van der Waals surface area contributed by atoms with Crippen molar-refractivity contribution in [3.05, 3.63) is 57.7 Å². The minimum atomic E-state index is -0.808. The van der Waals surface area contributed by atoms with Crippen LogP contribution >= 0.6 is 22.6 Å². The van der Waals surface area contributed by atoms with Gasteiger partial charge >= 0.3 is 6.09 Å². The molecule has 0 bridgehead atoms. The number of nitrogens with one attached hydrogen (secondary N) is 2. The van der Waals surface area contributed by atoms with Crippen LogP contribution in [0.15, 0.2) is 42.6 Å². The minimum absolute atomic E-state index is 0.0379. The fourth-order valence-corrected chi connectivity index (χ4v) is 2.68. The first-order valence-corrected chi connectivity index (χ1v) is 9.37. The van der Waals surface area contributed by atoms with Gasteiger partial charge in [0, 0.05) is 16.3 Å². The molecule has 0 aliphatic carbocycles. The molecule has 0 fully saturated rings. The van der Waals surface area contributed by atoms with E-state index in [1.54, 1.807) is 51.2 Å². The number of pyridine rings is 1. The third kappa shape index (κ3) is 6.78. The molecule has 2 N–H and O–H groups in total. The molecule has 0 unspecified atom stereocenters. The van der Waals surface area contributed by atoms with Crippen LogP contribution in [0.1, 0.15) is 32.4 Å². The second kappa shape index (κ2) is 9.12. The average molecular weight is 485 g/mol. The van der Waals surface area contributed by atoms with E-state index in [0.717, 1.165) is 3.57 Å². The van der Waals surface area contributed by atoms with Crippen molar-refractivity contribution < 1.29 is 18.7 Å². The average Bonchev–Trinajstić information content (AvgIpc) is 2.57. The highest BCUT2D eigenvalue weighted by Crippen LogP contribution is 2.20. The summed E-state index contributed by atoms with van der Waals surface area (Å²) in [5, 5.41) is 5.13. The summed E-state index contributed by atoms with van der Waals surface area (Å²) >= 11 is 1.99. The van der Waals surface area contributed by atoms with Crippen LogP contribution in [0.3, 0.4) is 0 Å². The van der Waals surface area contributed by atoms with Gasteiger partial charge in [-0.2, -0.15) is 0 Å². The maximum Gasteiger partial charge on any atom is 0.407 e. The zero-order valence-corrected chi connectivity index (χ0v) is 17.4. The lowest BCUT2D eigenvalue weighted by atomic mass is 10.0. The number of benzene rings is 1. The summed E-state index contributed by atoms with van der Waals surface area (Å²) in [6, 6.07) is 9.63. The smallest absolute Gasteiger partial charge is 0.407 e. The third-order valence-electron chi connectivity index (χ3n) is 3.40. The normalized spacial score (nSPS) is 12.2. The second-order valence-corrected chi connectivity index (χ2v) is 8.05. The summed E-state index contributed by atoms with van der Waals surface area (Å²) in [5.74, 6) is -1.82. The van der Waals surface area contributed by atoms with Gasteiger partial charge in [0.25, 0.3) is 0 Å². The predicted molar refractivity (Wildman–Crippen MR) is 109 cm³/mol. The van der Waals surface area contributed by atoms with Gasteiger partial charge < -0.3 is 15.4 Å². The Morgan fingerprint density at radius 2 is 2.00 bits per heavy atom. The zero-order chi connectivity index (χ0) is 20.0. The molecule has 8 heteroatoms. The van der Waals surface area contributed by atoms with E-state index in [1.807, 2.05) is 22.6 Å². The molecule has 1 heterocycles. The lowest BCUT2D eigenvalue weighted by molar-refractivity contribution is -0.117. The van der Waals surface area contributed by atoms with E-state index in [-0.39, 0.29) is 12.2 Å². The van der Waals surface area contributed by atoms with Gasteiger partial charge in [-0.15, -0.1) is 0 Å². The number of hydrogen-bond acceptors (Lipinski definition) is 4. The van der Waals surface area contributed by atoms with Crippen molar-refractivity contribution in [1.29, 1.82) is 0 Å². The maximum absolute atomic E-state index is 14.1. The van der Waals surface area contributed by atoms with Crippen molar-refractivity contribution in [1.82, 2.24) is 10.3 Å².